The molecule has 0 saturated carbocycles. The number of likely N-dealkylation sites (tertiary alicyclic amines) is 1. The number of rotatable bonds is 3. The summed E-state index contributed by atoms with van der Waals surface area (Å²) in [6.07, 6.45) is 2.28. The van der Waals surface area contributed by atoms with Gasteiger partial charge in [-0.2, -0.15) is 0 Å². The topological polar surface area (TPSA) is 61.3 Å². The van der Waals surface area contributed by atoms with Gasteiger partial charge in [-0.3, -0.25) is 0 Å². The molecule has 24 heavy (non-hydrogen) atoms. The molecule has 5 nitrogen and oxygen atoms in total. The molecule has 2 heterocycles. The van der Waals surface area contributed by atoms with E-state index in [1.165, 1.54) is 12.5 Å². The number of halogens is 1. The van der Waals surface area contributed by atoms with Crippen molar-refractivity contribution < 1.29 is 9.50 Å². The SMILES string of the molecule is Cc1cc(-c2c(C)cc(F)cc2O)nnc1N[C@@H]1CCCN(C)C1. The minimum Gasteiger partial charge on any atom is -0.507 e. The molecule has 1 aliphatic heterocycles. The molecule has 128 valence electrons. The number of aryl methyl sites for hydroxylation is 2. The molecule has 0 bridgehead atoms. The summed E-state index contributed by atoms with van der Waals surface area (Å²) in [4.78, 5) is 2.30. The zero-order valence-electron chi connectivity index (χ0n) is 14.3. The van der Waals surface area contributed by atoms with Crippen molar-refractivity contribution in [3.05, 3.63) is 35.1 Å². The number of aromatic nitrogens is 2. The number of phenolic OH excluding ortho intramolecular Hbond substituents is 1. The van der Waals surface area contributed by atoms with E-state index in [0.29, 0.717) is 22.9 Å². The lowest BCUT2D eigenvalue weighted by Crippen LogP contribution is -2.40. The lowest BCUT2D eigenvalue weighted by Gasteiger charge is -2.30. The van der Waals surface area contributed by atoms with Gasteiger partial charge in [0.15, 0.2) is 5.82 Å². The van der Waals surface area contributed by atoms with Crippen molar-refractivity contribution in [1.82, 2.24) is 15.1 Å². The molecule has 6 heteroatoms. The van der Waals surface area contributed by atoms with Gasteiger partial charge in [0.05, 0.1) is 5.69 Å². The number of anilines is 1. The average Bonchev–Trinajstić information content (AvgIpc) is 2.49. The Balaban J connectivity index is 1.85. The van der Waals surface area contributed by atoms with E-state index in [1.54, 1.807) is 6.92 Å². The Morgan fingerprint density at radius 1 is 1.21 bits per heavy atom. The van der Waals surface area contributed by atoms with Crippen LogP contribution < -0.4 is 5.32 Å². The monoisotopic (exact) mass is 330 g/mol. The summed E-state index contributed by atoms with van der Waals surface area (Å²) in [7, 11) is 2.12. The molecule has 1 fully saturated rings. The summed E-state index contributed by atoms with van der Waals surface area (Å²) in [5.74, 6) is 0.187. The number of benzene rings is 1. The molecule has 1 aromatic carbocycles. The summed E-state index contributed by atoms with van der Waals surface area (Å²) >= 11 is 0. The van der Waals surface area contributed by atoms with Crippen molar-refractivity contribution in [3.63, 3.8) is 0 Å². The number of nitrogens with zero attached hydrogens (tertiary/aromatic N) is 3. The average molecular weight is 330 g/mol. The van der Waals surface area contributed by atoms with Gasteiger partial charge in [-0.15, -0.1) is 10.2 Å². The van der Waals surface area contributed by atoms with Gasteiger partial charge in [0.2, 0.25) is 0 Å². The minimum atomic E-state index is -0.460. The maximum Gasteiger partial charge on any atom is 0.151 e. The van der Waals surface area contributed by atoms with Crippen molar-refractivity contribution in [3.8, 4) is 17.0 Å². The molecule has 2 N–H and O–H groups in total. The van der Waals surface area contributed by atoms with E-state index in [4.69, 9.17) is 0 Å². The molecule has 0 spiro atoms. The third-order valence-corrected chi connectivity index (χ3v) is 4.49. The molecule has 0 radical (unpaired) electrons. The highest BCUT2D eigenvalue weighted by atomic mass is 19.1. The Morgan fingerprint density at radius 3 is 2.67 bits per heavy atom. The van der Waals surface area contributed by atoms with Gasteiger partial charge in [-0.05, 0) is 63.5 Å². The van der Waals surface area contributed by atoms with Crippen LogP contribution in [0.2, 0.25) is 0 Å². The standard InChI is InChI=1S/C18H23FN4O/c1-11-7-13(19)9-16(24)17(11)15-8-12(2)18(22-21-15)20-14-5-4-6-23(3)10-14/h7-9,14,24H,4-6,10H2,1-3H3,(H,20,22)/t14-/m1/s1. The molecule has 1 aromatic heterocycles. The highest BCUT2D eigenvalue weighted by Crippen LogP contribution is 2.33. The fourth-order valence-corrected chi connectivity index (χ4v) is 3.29. The molecular formula is C18H23FN4O. The summed E-state index contributed by atoms with van der Waals surface area (Å²) < 4.78 is 13.3. The number of hydrogen-bond donors (Lipinski definition) is 2. The molecule has 1 saturated heterocycles. The van der Waals surface area contributed by atoms with Gasteiger partial charge in [-0.1, -0.05) is 0 Å². The smallest absolute Gasteiger partial charge is 0.151 e. The number of phenols is 1. The fourth-order valence-electron chi connectivity index (χ4n) is 3.29. The number of likely N-dealkylation sites (N-methyl/N-ethyl adjacent to an activating group) is 1. The second-order valence-electron chi connectivity index (χ2n) is 6.62. The molecule has 0 aliphatic carbocycles. The summed E-state index contributed by atoms with van der Waals surface area (Å²) in [6.45, 7) is 5.83. The lowest BCUT2D eigenvalue weighted by molar-refractivity contribution is 0.260. The Morgan fingerprint density at radius 2 is 2.00 bits per heavy atom. The molecular weight excluding hydrogens is 307 g/mol. The van der Waals surface area contributed by atoms with E-state index in [9.17, 15) is 9.50 Å². The van der Waals surface area contributed by atoms with Crippen LogP contribution in [0.15, 0.2) is 18.2 Å². The highest BCUT2D eigenvalue weighted by molar-refractivity contribution is 5.71. The van der Waals surface area contributed by atoms with Gasteiger partial charge < -0.3 is 15.3 Å². The van der Waals surface area contributed by atoms with Crippen LogP contribution in [0.5, 0.6) is 5.75 Å². The minimum absolute atomic E-state index is 0.115. The summed E-state index contributed by atoms with van der Waals surface area (Å²) in [6, 6.07) is 4.73. The first-order valence-electron chi connectivity index (χ1n) is 8.23. The highest BCUT2D eigenvalue weighted by Gasteiger charge is 2.19. The number of aromatic hydroxyl groups is 1. The van der Waals surface area contributed by atoms with Gasteiger partial charge in [0.1, 0.15) is 11.6 Å². The number of piperidine rings is 1. The van der Waals surface area contributed by atoms with Crippen LogP contribution in [-0.4, -0.2) is 46.4 Å². The molecule has 3 rings (SSSR count). The van der Waals surface area contributed by atoms with E-state index in [1.807, 2.05) is 13.0 Å². The molecule has 1 atom stereocenters. The van der Waals surface area contributed by atoms with Gasteiger partial charge in [0, 0.05) is 24.2 Å². The third kappa shape index (κ3) is 3.48. The predicted octanol–water partition coefficient (Wildman–Crippen LogP) is 3.11. The van der Waals surface area contributed by atoms with E-state index in [0.717, 1.165) is 37.0 Å². The largest absolute Gasteiger partial charge is 0.507 e. The Hall–Kier alpha value is -2.21. The quantitative estimate of drug-likeness (QED) is 0.905. The maximum absolute atomic E-state index is 13.3. The Bertz CT molecular complexity index is 727. The summed E-state index contributed by atoms with van der Waals surface area (Å²) in [5.41, 5.74) is 2.66. The third-order valence-electron chi connectivity index (χ3n) is 4.49. The van der Waals surface area contributed by atoms with Crippen LogP contribution in [0.4, 0.5) is 10.2 Å². The van der Waals surface area contributed by atoms with Crippen molar-refractivity contribution in [1.29, 1.82) is 0 Å². The first-order chi connectivity index (χ1) is 11.4. The van der Waals surface area contributed by atoms with Crippen molar-refractivity contribution in [2.75, 3.05) is 25.5 Å². The second kappa shape index (κ2) is 6.73. The zero-order valence-corrected chi connectivity index (χ0v) is 14.3. The molecule has 1 aliphatic rings. The van der Waals surface area contributed by atoms with Crippen LogP contribution in [0.25, 0.3) is 11.3 Å². The first kappa shape index (κ1) is 16.6. The molecule has 0 amide bonds. The van der Waals surface area contributed by atoms with Crippen molar-refractivity contribution in [2.45, 2.75) is 32.7 Å². The van der Waals surface area contributed by atoms with Crippen LogP contribution in [0.1, 0.15) is 24.0 Å². The van der Waals surface area contributed by atoms with Crippen LogP contribution >= 0.6 is 0 Å². The Labute approximate surface area is 141 Å². The Kier molecular flexibility index (Phi) is 4.66. The maximum atomic E-state index is 13.3. The zero-order chi connectivity index (χ0) is 17.3. The number of nitrogens with one attached hydrogen (secondary N) is 1. The second-order valence-corrected chi connectivity index (χ2v) is 6.62. The molecule has 2 aromatic rings. The van der Waals surface area contributed by atoms with E-state index in [2.05, 4.69) is 27.5 Å². The van der Waals surface area contributed by atoms with E-state index < -0.39 is 5.82 Å². The number of hydrogen-bond acceptors (Lipinski definition) is 5. The van der Waals surface area contributed by atoms with Gasteiger partial charge in [-0.25, -0.2) is 4.39 Å². The van der Waals surface area contributed by atoms with Crippen LogP contribution in [0, 0.1) is 19.7 Å². The van der Waals surface area contributed by atoms with Crippen molar-refractivity contribution in [2.24, 2.45) is 0 Å². The van der Waals surface area contributed by atoms with Gasteiger partial charge in [0.25, 0.3) is 0 Å². The first-order valence-corrected chi connectivity index (χ1v) is 8.23. The van der Waals surface area contributed by atoms with Crippen LogP contribution in [0.3, 0.4) is 0 Å². The van der Waals surface area contributed by atoms with E-state index >= 15 is 0 Å². The van der Waals surface area contributed by atoms with E-state index in [-0.39, 0.29) is 5.75 Å². The lowest BCUT2D eigenvalue weighted by atomic mass is 10.0. The van der Waals surface area contributed by atoms with Gasteiger partial charge >= 0.3 is 0 Å². The predicted molar refractivity (Wildman–Crippen MR) is 92.7 cm³/mol. The molecule has 0 unspecified atom stereocenters. The van der Waals surface area contributed by atoms with Crippen molar-refractivity contribution >= 4 is 5.82 Å². The van der Waals surface area contributed by atoms with Crippen LogP contribution in [-0.2, 0) is 0 Å². The summed E-state index contributed by atoms with van der Waals surface area (Å²) in [5, 5.41) is 22.0. The fraction of sp³-hybridized carbons (Fsp3) is 0.444. The normalized spacial score (nSPS) is 18.6.